The van der Waals surface area contributed by atoms with E-state index in [4.69, 9.17) is 0 Å². The van der Waals surface area contributed by atoms with Crippen LogP contribution in [0.15, 0.2) is 0 Å². The lowest BCUT2D eigenvalue weighted by molar-refractivity contribution is -0.154. The number of nitrogens with zero attached hydrogens (tertiary/aromatic N) is 1. The van der Waals surface area contributed by atoms with E-state index in [1.165, 1.54) is 4.90 Å². The summed E-state index contributed by atoms with van der Waals surface area (Å²) in [5, 5.41) is 5.84. The Hall–Kier alpha value is -0.820. The molecule has 1 rings (SSSR count). The van der Waals surface area contributed by atoms with Crippen molar-refractivity contribution in [1.29, 1.82) is 0 Å². The Labute approximate surface area is 118 Å². The number of hydrogen-bond acceptors (Lipinski definition) is 3. The van der Waals surface area contributed by atoms with Crippen molar-refractivity contribution < 1.29 is 18.0 Å². The molecule has 0 aromatic carbocycles. The number of rotatable bonds is 6. The van der Waals surface area contributed by atoms with E-state index in [0.29, 0.717) is 25.9 Å². The van der Waals surface area contributed by atoms with Gasteiger partial charge in [0.1, 0.15) is 0 Å². The lowest BCUT2D eigenvalue weighted by atomic mass is 10.0. The van der Waals surface area contributed by atoms with Gasteiger partial charge in [-0.2, -0.15) is 13.2 Å². The Morgan fingerprint density at radius 1 is 1.40 bits per heavy atom. The van der Waals surface area contributed by atoms with E-state index in [0.717, 1.165) is 6.42 Å². The smallest absolute Gasteiger partial charge is 0.353 e. The first-order valence-electron chi connectivity index (χ1n) is 7.12. The van der Waals surface area contributed by atoms with E-state index >= 15 is 0 Å². The molecule has 7 heteroatoms. The molecule has 20 heavy (non-hydrogen) atoms. The van der Waals surface area contributed by atoms with Gasteiger partial charge in [-0.3, -0.25) is 9.69 Å². The van der Waals surface area contributed by atoms with Crippen LogP contribution in [0.25, 0.3) is 0 Å². The van der Waals surface area contributed by atoms with Gasteiger partial charge in [0.25, 0.3) is 0 Å². The second-order valence-electron chi connectivity index (χ2n) is 5.38. The zero-order valence-electron chi connectivity index (χ0n) is 12.1. The van der Waals surface area contributed by atoms with E-state index in [1.54, 1.807) is 0 Å². The first-order valence-corrected chi connectivity index (χ1v) is 7.12. The molecule has 0 spiro atoms. The van der Waals surface area contributed by atoms with Crippen LogP contribution in [0.1, 0.15) is 33.1 Å². The maximum atomic E-state index is 12.7. The summed E-state index contributed by atoms with van der Waals surface area (Å²) in [5.74, 6) is -0.331. The van der Waals surface area contributed by atoms with Crippen LogP contribution in [-0.4, -0.2) is 55.2 Å². The van der Waals surface area contributed by atoms with Crippen LogP contribution in [0.2, 0.25) is 0 Å². The Bertz CT molecular complexity index is 304. The predicted molar refractivity (Wildman–Crippen MR) is 71.4 cm³/mol. The highest BCUT2D eigenvalue weighted by molar-refractivity contribution is 5.78. The average molecular weight is 295 g/mol. The van der Waals surface area contributed by atoms with Crippen LogP contribution in [0.5, 0.6) is 0 Å². The first-order chi connectivity index (χ1) is 9.31. The fourth-order valence-electron chi connectivity index (χ4n) is 2.32. The normalized spacial score (nSPS) is 19.1. The molecule has 0 aromatic heterocycles. The van der Waals surface area contributed by atoms with Crippen LogP contribution < -0.4 is 10.6 Å². The molecule has 1 atom stereocenters. The number of alkyl halides is 3. The van der Waals surface area contributed by atoms with Crippen molar-refractivity contribution in [2.24, 2.45) is 0 Å². The highest BCUT2D eigenvalue weighted by atomic mass is 19.4. The molecule has 1 unspecified atom stereocenters. The second kappa shape index (κ2) is 7.83. The zero-order valence-corrected chi connectivity index (χ0v) is 12.1. The minimum atomic E-state index is -4.28. The Morgan fingerprint density at radius 2 is 2.00 bits per heavy atom. The summed E-state index contributed by atoms with van der Waals surface area (Å²) in [4.78, 5) is 13.1. The minimum Gasteiger partial charge on any atom is -0.353 e. The highest BCUT2D eigenvalue weighted by Crippen LogP contribution is 2.21. The van der Waals surface area contributed by atoms with Gasteiger partial charge in [0.05, 0.1) is 13.1 Å². The van der Waals surface area contributed by atoms with Gasteiger partial charge in [-0.15, -0.1) is 0 Å². The van der Waals surface area contributed by atoms with Crippen molar-refractivity contribution in [3.63, 3.8) is 0 Å². The molecule has 1 aliphatic heterocycles. The van der Waals surface area contributed by atoms with E-state index in [9.17, 15) is 18.0 Å². The number of piperidine rings is 1. The minimum absolute atomic E-state index is 0.0109. The lowest BCUT2D eigenvalue weighted by Gasteiger charge is -2.34. The van der Waals surface area contributed by atoms with Crippen molar-refractivity contribution in [1.82, 2.24) is 15.5 Å². The van der Waals surface area contributed by atoms with Gasteiger partial charge in [-0.05, 0) is 39.3 Å². The molecular weight excluding hydrogens is 271 g/mol. The summed E-state index contributed by atoms with van der Waals surface area (Å²) in [6.07, 6.45) is -2.22. The molecule has 0 radical (unpaired) electrons. The highest BCUT2D eigenvalue weighted by Gasteiger charge is 2.35. The van der Waals surface area contributed by atoms with E-state index in [2.05, 4.69) is 10.6 Å². The molecular formula is C13H24F3N3O. The Morgan fingerprint density at radius 3 is 2.50 bits per heavy atom. The second-order valence-corrected chi connectivity index (χ2v) is 5.38. The molecule has 1 heterocycles. The van der Waals surface area contributed by atoms with Gasteiger partial charge in [0, 0.05) is 12.1 Å². The van der Waals surface area contributed by atoms with Crippen molar-refractivity contribution in [3.05, 3.63) is 0 Å². The fourth-order valence-corrected chi connectivity index (χ4v) is 2.32. The number of carbonyl (C=O) groups excluding carboxylic acids is 1. The molecule has 1 amide bonds. The van der Waals surface area contributed by atoms with Crippen LogP contribution in [0, 0.1) is 0 Å². The molecule has 118 valence electrons. The number of nitrogens with one attached hydrogen (secondary N) is 2. The number of amides is 1. The van der Waals surface area contributed by atoms with Gasteiger partial charge in [0.2, 0.25) is 5.91 Å². The van der Waals surface area contributed by atoms with E-state index in [1.807, 2.05) is 13.8 Å². The van der Waals surface area contributed by atoms with Crippen LogP contribution in [0.3, 0.4) is 0 Å². The van der Waals surface area contributed by atoms with E-state index in [-0.39, 0.29) is 24.5 Å². The van der Waals surface area contributed by atoms with Crippen LogP contribution in [0.4, 0.5) is 13.2 Å². The summed E-state index contributed by atoms with van der Waals surface area (Å²) in [5.41, 5.74) is 0. The monoisotopic (exact) mass is 295 g/mol. The average Bonchev–Trinajstić information content (AvgIpc) is 2.37. The van der Waals surface area contributed by atoms with Crippen LogP contribution >= 0.6 is 0 Å². The van der Waals surface area contributed by atoms with Gasteiger partial charge >= 0.3 is 6.18 Å². The number of hydrogen-bond donors (Lipinski definition) is 2. The fraction of sp³-hybridized carbons (Fsp3) is 0.923. The van der Waals surface area contributed by atoms with Crippen molar-refractivity contribution in [3.8, 4) is 0 Å². The van der Waals surface area contributed by atoms with Crippen LogP contribution in [-0.2, 0) is 4.79 Å². The first kappa shape index (κ1) is 17.2. The molecule has 1 saturated heterocycles. The third kappa shape index (κ3) is 6.56. The quantitative estimate of drug-likeness (QED) is 0.781. The zero-order chi connectivity index (χ0) is 15.2. The van der Waals surface area contributed by atoms with Gasteiger partial charge in [0.15, 0.2) is 0 Å². The van der Waals surface area contributed by atoms with Crippen molar-refractivity contribution in [2.45, 2.75) is 51.4 Å². The van der Waals surface area contributed by atoms with Gasteiger partial charge < -0.3 is 10.6 Å². The van der Waals surface area contributed by atoms with Gasteiger partial charge in [-0.25, -0.2) is 0 Å². The van der Waals surface area contributed by atoms with Crippen molar-refractivity contribution in [2.75, 3.05) is 26.2 Å². The SMILES string of the molecule is CCC(C)NC(=O)CN(CC(F)(F)F)C1CCNCC1. The third-order valence-electron chi connectivity index (χ3n) is 3.57. The summed E-state index contributed by atoms with van der Waals surface area (Å²) in [7, 11) is 0. The lowest BCUT2D eigenvalue weighted by Crippen LogP contribution is -2.51. The summed E-state index contributed by atoms with van der Waals surface area (Å²) < 4.78 is 38.0. The van der Waals surface area contributed by atoms with Gasteiger partial charge in [-0.1, -0.05) is 6.92 Å². The molecule has 1 fully saturated rings. The molecule has 4 nitrogen and oxygen atoms in total. The summed E-state index contributed by atoms with van der Waals surface area (Å²) in [6.45, 7) is 3.96. The Balaban J connectivity index is 2.59. The maximum absolute atomic E-state index is 12.7. The predicted octanol–water partition coefficient (Wildman–Crippen LogP) is 1.52. The molecule has 0 bridgehead atoms. The third-order valence-corrected chi connectivity index (χ3v) is 3.57. The summed E-state index contributed by atoms with van der Waals surface area (Å²) >= 11 is 0. The largest absolute Gasteiger partial charge is 0.401 e. The topological polar surface area (TPSA) is 44.4 Å². The molecule has 0 aliphatic carbocycles. The number of halogens is 3. The molecule has 0 saturated carbocycles. The number of carbonyl (C=O) groups is 1. The summed E-state index contributed by atoms with van der Waals surface area (Å²) in [6, 6.07) is -0.191. The molecule has 0 aromatic rings. The maximum Gasteiger partial charge on any atom is 0.401 e. The standard InChI is InChI=1S/C13H24F3N3O/c1-3-10(2)18-12(20)8-19(9-13(14,15)16)11-4-6-17-7-5-11/h10-11,17H,3-9H2,1-2H3,(H,18,20). The molecule has 2 N–H and O–H groups in total. The molecule has 1 aliphatic rings. The van der Waals surface area contributed by atoms with E-state index < -0.39 is 12.7 Å². The van der Waals surface area contributed by atoms with Crippen molar-refractivity contribution >= 4 is 5.91 Å². The Kier molecular flexibility index (Phi) is 6.75.